The molecule has 3 rings (SSSR count). The lowest BCUT2D eigenvalue weighted by Crippen LogP contribution is -2.15. The van der Waals surface area contributed by atoms with Gasteiger partial charge in [0.2, 0.25) is 11.7 Å². The van der Waals surface area contributed by atoms with E-state index in [0.717, 1.165) is 11.8 Å². The fourth-order valence-electron chi connectivity index (χ4n) is 3.64. The van der Waals surface area contributed by atoms with Crippen LogP contribution < -0.4 is 34.7 Å². The number of rotatable bonds is 10. The van der Waals surface area contributed by atoms with Crippen molar-refractivity contribution in [3.8, 4) is 52.0 Å². The molecule has 1 amide bonds. The lowest BCUT2D eigenvalue weighted by atomic mass is 9.96. The molecule has 0 saturated heterocycles. The summed E-state index contributed by atoms with van der Waals surface area (Å²) in [6, 6.07) is 12.3. The van der Waals surface area contributed by atoms with E-state index in [1.54, 1.807) is 30.3 Å². The van der Waals surface area contributed by atoms with E-state index in [0.29, 0.717) is 40.0 Å². The number of hydrogen-bond donors (Lipinski definition) is 2. The van der Waals surface area contributed by atoms with Gasteiger partial charge < -0.3 is 34.7 Å². The molecule has 0 fully saturated rings. The number of nitrogen functional groups attached to an aromatic ring is 1. The number of nitriles is 2. The SMILES string of the molecule is COc1ccc(NC(=O)CSc2nc(N)c(C#N)c(-c3cc(OC)c(OC)c(OC)c3)c2C#N)c(OC)c1. The first-order chi connectivity index (χ1) is 18.3. The molecule has 2 aromatic carbocycles. The maximum absolute atomic E-state index is 12.7. The summed E-state index contributed by atoms with van der Waals surface area (Å²) in [7, 11) is 7.38. The van der Waals surface area contributed by atoms with E-state index in [1.807, 2.05) is 6.07 Å². The number of methoxy groups -OCH3 is 5. The van der Waals surface area contributed by atoms with E-state index in [9.17, 15) is 15.3 Å². The summed E-state index contributed by atoms with van der Waals surface area (Å²) in [6.07, 6.45) is 0. The minimum atomic E-state index is -0.374. The molecule has 0 saturated carbocycles. The molecule has 38 heavy (non-hydrogen) atoms. The highest BCUT2D eigenvalue weighted by atomic mass is 32.2. The highest BCUT2D eigenvalue weighted by Gasteiger charge is 2.24. The zero-order valence-corrected chi connectivity index (χ0v) is 22.2. The van der Waals surface area contributed by atoms with Gasteiger partial charge in [0.15, 0.2) is 11.5 Å². The van der Waals surface area contributed by atoms with Crippen molar-refractivity contribution in [2.75, 3.05) is 52.4 Å². The number of pyridine rings is 1. The Balaban J connectivity index is 2.00. The zero-order chi connectivity index (χ0) is 27.8. The molecule has 0 radical (unpaired) electrons. The van der Waals surface area contributed by atoms with Crippen molar-refractivity contribution >= 4 is 29.2 Å². The number of amides is 1. The van der Waals surface area contributed by atoms with E-state index < -0.39 is 0 Å². The molecule has 3 N–H and O–H groups in total. The fourth-order valence-corrected chi connectivity index (χ4v) is 4.43. The molecule has 196 valence electrons. The molecule has 11 nitrogen and oxygen atoms in total. The van der Waals surface area contributed by atoms with Crippen LogP contribution in [0.2, 0.25) is 0 Å². The topological polar surface area (TPSA) is 162 Å². The molecule has 0 aliphatic heterocycles. The smallest absolute Gasteiger partial charge is 0.234 e. The quantitative estimate of drug-likeness (QED) is 0.363. The van der Waals surface area contributed by atoms with Gasteiger partial charge in [-0.3, -0.25) is 4.79 Å². The van der Waals surface area contributed by atoms with Crippen LogP contribution >= 0.6 is 11.8 Å². The van der Waals surface area contributed by atoms with Gasteiger partial charge in [-0.25, -0.2) is 4.98 Å². The maximum atomic E-state index is 12.7. The van der Waals surface area contributed by atoms with Gasteiger partial charge >= 0.3 is 0 Å². The number of carbonyl (C=O) groups is 1. The molecular weight excluding hydrogens is 510 g/mol. The average molecular weight is 536 g/mol. The molecule has 0 unspecified atom stereocenters. The predicted molar refractivity (Wildman–Crippen MR) is 142 cm³/mol. The first-order valence-electron chi connectivity index (χ1n) is 10.9. The third-order valence-corrected chi connectivity index (χ3v) is 6.37. The van der Waals surface area contributed by atoms with Crippen LogP contribution in [-0.2, 0) is 4.79 Å². The zero-order valence-electron chi connectivity index (χ0n) is 21.4. The first-order valence-corrected chi connectivity index (χ1v) is 11.9. The van der Waals surface area contributed by atoms with Crippen molar-refractivity contribution in [2.45, 2.75) is 5.03 Å². The van der Waals surface area contributed by atoms with Gasteiger partial charge in [-0.2, -0.15) is 10.5 Å². The Morgan fingerprint density at radius 1 is 0.921 bits per heavy atom. The number of nitrogens with two attached hydrogens (primary N) is 1. The molecule has 0 aliphatic rings. The van der Waals surface area contributed by atoms with Gasteiger partial charge in [-0.05, 0) is 29.8 Å². The fraction of sp³-hybridized carbons (Fsp3) is 0.231. The van der Waals surface area contributed by atoms with Crippen LogP contribution in [0.25, 0.3) is 11.1 Å². The van der Waals surface area contributed by atoms with E-state index in [1.165, 1.54) is 35.5 Å². The second-order valence-electron chi connectivity index (χ2n) is 7.47. The molecular formula is C26H25N5O6S. The Morgan fingerprint density at radius 2 is 1.55 bits per heavy atom. The van der Waals surface area contributed by atoms with Gasteiger partial charge in [-0.15, -0.1) is 0 Å². The number of nitrogens with zero attached hydrogens (tertiary/aromatic N) is 3. The number of benzene rings is 2. The Labute approximate surface area is 224 Å². The summed E-state index contributed by atoms with van der Waals surface area (Å²) >= 11 is 1.00. The van der Waals surface area contributed by atoms with Crippen LogP contribution in [0.5, 0.6) is 28.7 Å². The molecule has 1 heterocycles. The van der Waals surface area contributed by atoms with Crippen molar-refractivity contribution in [3.05, 3.63) is 41.5 Å². The molecule has 1 aromatic heterocycles. The first kappa shape index (κ1) is 27.8. The summed E-state index contributed by atoms with van der Waals surface area (Å²) in [5, 5.41) is 22.9. The number of nitrogens with one attached hydrogen (secondary N) is 1. The monoisotopic (exact) mass is 535 g/mol. The highest BCUT2D eigenvalue weighted by Crippen LogP contribution is 2.44. The van der Waals surface area contributed by atoms with Crippen molar-refractivity contribution in [2.24, 2.45) is 0 Å². The highest BCUT2D eigenvalue weighted by molar-refractivity contribution is 8.00. The lowest BCUT2D eigenvalue weighted by molar-refractivity contribution is -0.113. The summed E-state index contributed by atoms with van der Waals surface area (Å²) in [5.74, 6) is 1.43. The van der Waals surface area contributed by atoms with Gasteiger partial charge in [0.25, 0.3) is 0 Å². The minimum absolute atomic E-state index is 0.00703. The number of carbonyl (C=O) groups excluding carboxylic acids is 1. The Hall–Kier alpha value is -4.81. The number of hydrogen-bond acceptors (Lipinski definition) is 11. The van der Waals surface area contributed by atoms with Crippen molar-refractivity contribution in [1.82, 2.24) is 4.98 Å². The van der Waals surface area contributed by atoms with Crippen molar-refractivity contribution in [3.63, 3.8) is 0 Å². The Morgan fingerprint density at radius 3 is 2.08 bits per heavy atom. The standard InChI is InChI=1S/C26H25N5O6S/c1-33-15-6-7-18(19(10-15)34-2)30-22(32)13-38-26-17(12-28)23(16(11-27)25(29)31-26)14-8-20(35-3)24(37-5)21(9-14)36-4/h6-10H,13H2,1-5H3,(H2,29,31)(H,30,32). The number of aromatic nitrogens is 1. The van der Waals surface area contributed by atoms with Gasteiger partial charge in [-0.1, -0.05) is 11.8 Å². The second-order valence-corrected chi connectivity index (χ2v) is 8.43. The summed E-state index contributed by atoms with van der Waals surface area (Å²) in [4.78, 5) is 17.0. The average Bonchev–Trinajstić information content (AvgIpc) is 2.94. The molecule has 0 aliphatic carbocycles. The van der Waals surface area contributed by atoms with Gasteiger partial charge in [0.05, 0.1) is 52.6 Å². The predicted octanol–water partition coefficient (Wildman–Crippen LogP) is 3.85. The van der Waals surface area contributed by atoms with Crippen LogP contribution in [0, 0.1) is 22.7 Å². The van der Waals surface area contributed by atoms with Gasteiger partial charge in [0.1, 0.15) is 40.0 Å². The van der Waals surface area contributed by atoms with Crippen LogP contribution in [-0.4, -0.2) is 52.2 Å². The molecule has 0 bridgehead atoms. The van der Waals surface area contributed by atoms with Gasteiger partial charge in [0, 0.05) is 11.6 Å². The summed E-state index contributed by atoms with van der Waals surface area (Å²) in [6.45, 7) is 0. The maximum Gasteiger partial charge on any atom is 0.234 e. The third-order valence-electron chi connectivity index (χ3n) is 5.39. The van der Waals surface area contributed by atoms with Crippen LogP contribution in [0.3, 0.4) is 0 Å². The Kier molecular flexibility index (Phi) is 9.09. The lowest BCUT2D eigenvalue weighted by Gasteiger charge is -2.17. The molecule has 12 heteroatoms. The largest absolute Gasteiger partial charge is 0.497 e. The Bertz CT molecular complexity index is 1420. The second kappa shape index (κ2) is 12.4. The van der Waals surface area contributed by atoms with E-state index in [2.05, 4.69) is 16.4 Å². The van der Waals surface area contributed by atoms with Crippen LogP contribution in [0.15, 0.2) is 35.4 Å². The molecule has 0 spiro atoms. The normalized spacial score (nSPS) is 10.1. The number of thioether (sulfide) groups is 1. The summed E-state index contributed by atoms with van der Waals surface area (Å²) in [5.41, 5.74) is 7.31. The molecule has 0 atom stereocenters. The van der Waals surface area contributed by atoms with Crippen LogP contribution in [0.1, 0.15) is 11.1 Å². The summed E-state index contributed by atoms with van der Waals surface area (Å²) < 4.78 is 26.7. The van der Waals surface area contributed by atoms with Crippen molar-refractivity contribution in [1.29, 1.82) is 10.5 Å². The van der Waals surface area contributed by atoms with E-state index >= 15 is 0 Å². The third kappa shape index (κ3) is 5.61. The number of ether oxygens (including phenoxy) is 5. The van der Waals surface area contributed by atoms with Crippen LogP contribution in [0.4, 0.5) is 11.5 Å². The van der Waals surface area contributed by atoms with E-state index in [4.69, 9.17) is 29.4 Å². The molecule has 3 aromatic rings. The van der Waals surface area contributed by atoms with Crippen molar-refractivity contribution < 1.29 is 28.5 Å². The minimum Gasteiger partial charge on any atom is -0.497 e. The number of anilines is 2. The van der Waals surface area contributed by atoms with E-state index in [-0.39, 0.29) is 39.2 Å².